The number of nitrogens with zero attached hydrogens (tertiary/aromatic N) is 1. The molecule has 0 N–H and O–H groups in total. The first-order chi connectivity index (χ1) is 8.58. The summed E-state index contributed by atoms with van der Waals surface area (Å²) in [5.41, 5.74) is 0.618. The topological polar surface area (TPSA) is 20.3 Å². The van der Waals surface area contributed by atoms with E-state index in [0.29, 0.717) is 17.0 Å². The number of Topliss-reactive ketones (excluding diaryl/α,β-unsaturated/α-hetero) is 1. The van der Waals surface area contributed by atoms with Crippen molar-refractivity contribution in [2.45, 2.75) is 26.7 Å². The van der Waals surface area contributed by atoms with Gasteiger partial charge in [-0.1, -0.05) is 41.4 Å². The van der Waals surface area contributed by atoms with Crippen molar-refractivity contribution in [2.75, 3.05) is 19.6 Å². The summed E-state index contributed by atoms with van der Waals surface area (Å²) in [6.45, 7) is 7.09. The van der Waals surface area contributed by atoms with Crippen LogP contribution in [0.3, 0.4) is 0 Å². The van der Waals surface area contributed by atoms with Gasteiger partial charge < -0.3 is 4.90 Å². The summed E-state index contributed by atoms with van der Waals surface area (Å²) >= 11 is 9.41. The number of ketones is 1. The number of rotatable bonds is 7. The highest BCUT2D eigenvalue weighted by Crippen LogP contribution is 2.22. The van der Waals surface area contributed by atoms with E-state index >= 15 is 0 Å². The average Bonchev–Trinajstić information content (AvgIpc) is 2.34. The molecule has 0 fully saturated rings. The van der Waals surface area contributed by atoms with Gasteiger partial charge in [0.15, 0.2) is 5.78 Å². The van der Waals surface area contributed by atoms with Crippen molar-refractivity contribution in [2.24, 2.45) is 0 Å². The van der Waals surface area contributed by atoms with Crippen molar-refractivity contribution in [3.8, 4) is 0 Å². The fourth-order valence-corrected chi connectivity index (χ4v) is 2.63. The molecule has 2 nitrogen and oxygen atoms in total. The molecular weight excluding hydrogens is 314 g/mol. The van der Waals surface area contributed by atoms with Crippen LogP contribution in [0.25, 0.3) is 0 Å². The lowest BCUT2D eigenvalue weighted by atomic mass is 10.1. The van der Waals surface area contributed by atoms with E-state index in [0.717, 1.165) is 30.5 Å². The van der Waals surface area contributed by atoms with Crippen LogP contribution in [0.4, 0.5) is 0 Å². The van der Waals surface area contributed by atoms with Gasteiger partial charge in [-0.05, 0) is 37.7 Å². The number of carbonyl (C=O) groups excluding carboxylic acids is 1. The van der Waals surface area contributed by atoms with E-state index in [2.05, 4.69) is 34.7 Å². The molecule has 100 valence electrons. The SMILES string of the molecule is CCCN(CC)CCC(=O)c1ccc(Br)cc1Cl. The third-order valence-corrected chi connectivity index (χ3v) is 3.68. The number of hydrogen-bond acceptors (Lipinski definition) is 2. The molecule has 0 amide bonds. The minimum atomic E-state index is 0.113. The van der Waals surface area contributed by atoms with Crippen LogP contribution in [-0.4, -0.2) is 30.3 Å². The molecule has 0 aromatic heterocycles. The zero-order chi connectivity index (χ0) is 13.5. The fraction of sp³-hybridized carbons (Fsp3) is 0.500. The van der Waals surface area contributed by atoms with Crippen LogP contribution in [0.5, 0.6) is 0 Å². The maximum absolute atomic E-state index is 12.1. The smallest absolute Gasteiger partial charge is 0.165 e. The second-order valence-electron chi connectivity index (χ2n) is 4.23. The Balaban J connectivity index is 2.59. The monoisotopic (exact) mass is 331 g/mol. The van der Waals surface area contributed by atoms with E-state index in [1.807, 2.05) is 6.07 Å². The minimum Gasteiger partial charge on any atom is -0.303 e. The number of halogens is 2. The Labute approximate surface area is 122 Å². The first-order valence-electron chi connectivity index (χ1n) is 6.29. The van der Waals surface area contributed by atoms with Gasteiger partial charge in [0.05, 0.1) is 5.02 Å². The molecule has 0 heterocycles. The van der Waals surface area contributed by atoms with Gasteiger partial charge in [-0.15, -0.1) is 0 Å². The summed E-state index contributed by atoms with van der Waals surface area (Å²) in [7, 11) is 0. The molecule has 0 aliphatic rings. The molecule has 0 saturated heterocycles. The second-order valence-corrected chi connectivity index (χ2v) is 5.55. The summed E-state index contributed by atoms with van der Waals surface area (Å²) in [5.74, 6) is 0.113. The molecule has 4 heteroatoms. The lowest BCUT2D eigenvalue weighted by Crippen LogP contribution is -2.27. The molecule has 1 rings (SSSR count). The molecule has 0 atom stereocenters. The van der Waals surface area contributed by atoms with Crippen LogP contribution in [0.1, 0.15) is 37.0 Å². The predicted molar refractivity (Wildman–Crippen MR) is 80.5 cm³/mol. The molecular formula is C14H19BrClNO. The quantitative estimate of drug-likeness (QED) is 0.689. The summed E-state index contributed by atoms with van der Waals surface area (Å²) < 4.78 is 0.894. The summed E-state index contributed by atoms with van der Waals surface area (Å²) in [6, 6.07) is 5.39. The van der Waals surface area contributed by atoms with Crippen LogP contribution < -0.4 is 0 Å². The summed E-state index contributed by atoms with van der Waals surface area (Å²) in [6.07, 6.45) is 1.64. The maximum atomic E-state index is 12.1. The van der Waals surface area contributed by atoms with Gasteiger partial charge in [-0.2, -0.15) is 0 Å². The van der Waals surface area contributed by atoms with Crippen molar-refractivity contribution in [3.05, 3.63) is 33.3 Å². The summed E-state index contributed by atoms with van der Waals surface area (Å²) in [4.78, 5) is 14.4. The number of benzene rings is 1. The Morgan fingerprint density at radius 2 is 2.06 bits per heavy atom. The molecule has 0 unspecified atom stereocenters. The third-order valence-electron chi connectivity index (χ3n) is 2.87. The first-order valence-corrected chi connectivity index (χ1v) is 7.46. The molecule has 18 heavy (non-hydrogen) atoms. The van der Waals surface area contributed by atoms with Crippen molar-refractivity contribution in [1.82, 2.24) is 4.90 Å². The van der Waals surface area contributed by atoms with Crippen molar-refractivity contribution in [1.29, 1.82) is 0 Å². The van der Waals surface area contributed by atoms with Crippen molar-refractivity contribution < 1.29 is 4.79 Å². The van der Waals surface area contributed by atoms with Gasteiger partial charge in [0, 0.05) is 23.0 Å². The van der Waals surface area contributed by atoms with Crippen LogP contribution in [0.2, 0.25) is 5.02 Å². The highest BCUT2D eigenvalue weighted by Gasteiger charge is 2.12. The average molecular weight is 333 g/mol. The molecule has 1 aromatic rings. The third kappa shape index (κ3) is 4.71. The second kappa shape index (κ2) is 7.93. The molecule has 0 bridgehead atoms. The highest BCUT2D eigenvalue weighted by atomic mass is 79.9. The molecule has 0 spiro atoms. The van der Waals surface area contributed by atoms with E-state index in [4.69, 9.17) is 11.6 Å². The van der Waals surface area contributed by atoms with E-state index in [1.54, 1.807) is 12.1 Å². The van der Waals surface area contributed by atoms with Gasteiger partial charge in [0.2, 0.25) is 0 Å². The first kappa shape index (κ1) is 15.7. The van der Waals surface area contributed by atoms with Crippen molar-refractivity contribution >= 4 is 33.3 Å². The zero-order valence-corrected chi connectivity index (χ0v) is 13.2. The van der Waals surface area contributed by atoms with Gasteiger partial charge in [0.25, 0.3) is 0 Å². The van der Waals surface area contributed by atoms with Crippen LogP contribution in [-0.2, 0) is 0 Å². The zero-order valence-electron chi connectivity index (χ0n) is 10.9. The Bertz CT molecular complexity index is 409. The molecule has 0 aliphatic carbocycles. The summed E-state index contributed by atoms with van der Waals surface area (Å²) in [5, 5.41) is 0.521. The Kier molecular flexibility index (Phi) is 6.90. The number of carbonyl (C=O) groups is 1. The van der Waals surface area contributed by atoms with E-state index in [-0.39, 0.29) is 5.78 Å². The Morgan fingerprint density at radius 1 is 1.33 bits per heavy atom. The Hall–Kier alpha value is -0.380. The van der Waals surface area contributed by atoms with Crippen LogP contribution >= 0.6 is 27.5 Å². The molecule has 0 radical (unpaired) electrons. The fourth-order valence-electron chi connectivity index (χ4n) is 1.85. The van der Waals surface area contributed by atoms with E-state index in [1.165, 1.54) is 0 Å². The van der Waals surface area contributed by atoms with Crippen molar-refractivity contribution in [3.63, 3.8) is 0 Å². The Morgan fingerprint density at radius 3 is 2.61 bits per heavy atom. The van der Waals surface area contributed by atoms with Gasteiger partial charge in [-0.25, -0.2) is 0 Å². The normalized spacial score (nSPS) is 10.9. The van der Waals surface area contributed by atoms with Gasteiger partial charge in [-0.3, -0.25) is 4.79 Å². The number of hydrogen-bond donors (Lipinski definition) is 0. The van der Waals surface area contributed by atoms with Gasteiger partial charge in [0.1, 0.15) is 0 Å². The minimum absolute atomic E-state index is 0.113. The van der Waals surface area contributed by atoms with E-state index < -0.39 is 0 Å². The van der Waals surface area contributed by atoms with E-state index in [9.17, 15) is 4.79 Å². The lowest BCUT2D eigenvalue weighted by Gasteiger charge is -2.18. The highest BCUT2D eigenvalue weighted by molar-refractivity contribution is 9.10. The lowest BCUT2D eigenvalue weighted by molar-refractivity contribution is 0.0965. The molecule has 0 saturated carbocycles. The van der Waals surface area contributed by atoms with Crippen LogP contribution in [0.15, 0.2) is 22.7 Å². The maximum Gasteiger partial charge on any atom is 0.165 e. The predicted octanol–water partition coefficient (Wildman–Crippen LogP) is 4.41. The standard InChI is InChI=1S/C14H19BrClNO/c1-3-8-17(4-2)9-7-14(18)12-6-5-11(15)10-13(12)16/h5-6,10H,3-4,7-9H2,1-2H3. The van der Waals surface area contributed by atoms with Crippen LogP contribution in [0, 0.1) is 0 Å². The van der Waals surface area contributed by atoms with Gasteiger partial charge >= 0.3 is 0 Å². The largest absolute Gasteiger partial charge is 0.303 e. The molecule has 0 aliphatic heterocycles. The molecule has 1 aromatic carbocycles.